The van der Waals surface area contributed by atoms with E-state index in [0.29, 0.717) is 0 Å². The zero-order valence-electron chi connectivity index (χ0n) is 11.7. The molecule has 0 aromatic heterocycles. The fraction of sp³-hybridized carbons (Fsp3) is 0.417. The van der Waals surface area contributed by atoms with Gasteiger partial charge in [-0.15, -0.1) is 0 Å². The van der Waals surface area contributed by atoms with E-state index in [1.54, 1.807) is 0 Å². The lowest BCUT2D eigenvalue weighted by Gasteiger charge is -2.09. The average Bonchev–Trinajstić information content (AvgIpc) is 2.45. The highest BCUT2D eigenvalue weighted by molar-refractivity contribution is 7.89. The van der Waals surface area contributed by atoms with Gasteiger partial charge < -0.3 is 14.8 Å². The molecule has 0 heterocycles. The quantitative estimate of drug-likeness (QED) is 0.651. The molecule has 2 N–H and O–H groups in total. The van der Waals surface area contributed by atoms with Crippen molar-refractivity contribution in [2.45, 2.75) is 4.90 Å². The average molecular weight is 320 g/mol. The van der Waals surface area contributed by atoms with Gasteiger partial charge >= 0.3 is 0 Å². The van der Waals surface area contributed by atoms with E-state index in [1.807, 2.05) is 0 Å². The number of benzene rings is 1. The third-order valence-corrected chi connectivity index (χ3v) is 3.91. The van der Waals surface area contributed by atoms with Gasteiger partial charge in [0.1, 0.15) is 0 Å². The number of likely N-dealkylation sites (N-methyl/N-ethyl adjacent to an activating group) is 1. The predicted molar refractivity (Wildman–Crippen MR) is 73.0 cm³/mol. The van der Waals surface area contributed by atoms with Crippen molar-refractivity contribution in [3.05, 3.63) is 24.0 Å². The number of methoxy groups -OCH3 is 1. The van der Waals surface area contributed by atoms with Crippen molar-refractivity contribution in [1.82, 2.24) is 10.0 Å². The summed E-state index contributed by atoms with van der Waals surface area (Å²) in [5, 5.41) is 2.31. The fourth-order valence-corrected chi connectivity index (χ4v) is 2.37. The normalized spacial score (nSPS) is 11.2. The molecule has 1 amide bonds. The van der Waals surface area contributed by atoms with Gasteiger partial charge in [-0.05, 0) is 18.2 Å². The first kappa shape index (κ1) is 17.3. The summed E-state index contributed by atoms with van der Waals surface area (Å²) in [7, 11) is -0.955. The summed E-state index contributed by atoms with van der Waals surface area (Å²) in [5.41, 5.74) is 0. The maximum Gasteiger partial charge on any atom is 0.257 e. The van der Waals surface area contributed by atoms with E-state index < -0.39 is 21.7 Å². The van der Waals surface area contributed by atoms with Crippen LogP contribution >= 0.6 is 0 Å². The van der Waals surface area contributed by atoms with E-state index in [4.69, 9.17) is 9.47 Å². The second-order valence-electron chi connectivity index (χ2n) is 3.94. The number of carbonyl (C=O) groups excluding carboxylic acids is 1. The van der Waals surface area contributed by atoms with Crippen molar-refractivity contribution in [1.29, 1.82) is 0 Å². The molecule has 1 aromatic carbocycles. The third-order valence-electron chi connectivity index (χ3n) is 2.45. The molecular weight excluding hydrogens is 303 g/mol. The molecule has 0 aliphatic heterocycles. The minimum atomic E-state index is -3.81. The number of sulfonamides is 1. The molecule has 21 heavy (non-hydrogen) atoms. The largest absolute Gasteiger partial charge is 0.481 e. The highest BCUT2D eigenvalue weighted by Gasteiger charge is 2.16. The minimum Gasteiger partial charge on any atom is -0.481 e. The number of halogens is 1. The Kier molecular flexibility index (Phi) is 6.53. The SMILES string of the molecule is CNC(=O)COc1ccc(S(=O)(=O)NCCOC)cc1F. The summed E-state index contributed by atoms with van der Waals surface area (Å²) >= 11 is 0. The second-order valence-corrected chi connectivity index (χ2v) is 5.71. The van der Waals surface area contributed by atoms with Gasteiger partial charge in [0.05, 0.1) is 11.5 Å². The molecule has 0 fully saturated rings. The summed E-state index contributed by atoms with van der Waals surface area (Å²) in [6, 6.07) is 3.18. The van der Waals surface area contributed by atoms with Crippen molar-refractivity contribution in [3.8, 4) is 5.75 Å². The van der Waals surface area contributed by atoms with E-state index >= 15 is 0 Å². The first-order chi connectivity index (χ1) is 9.90. The Balaban J connectivity index is 2.79. The number of carbonyl (C=O) groups is 1. The van der Waals surface area contributed by atoms with Gasteiger partial charge in [0.15, 0.2) is 18.2 Å². The summed E-state index contributed by atoms with van der Waals surface area (Å²) in [6.07, 6.45) is 0. The molecule has 0 aliphatic carbocycles. The molecule has 9 heteroatoms. The zero-order valence-corrected chi connectivity index (χ0v) is 12.5. The molecule has 0 atom stereocenters. The summed E-state index contributed by atoms with van der Waals surface area (Å²) in [4.78, 5) is 10.8. The standard InChI is InChI=1S/C12H17FN2O5S/c1-14-12(16)8-20-11-4-3-9(7-10(11)13)21(17,18)15-5-6-19-2/h3-4,7,15H,5-6,8H2,1-2H3,(H,14,16). The summed E-state index contributed by atoms with van der Waals surface area (Å²) in [6.45, 7) is -0.0734. The Labute approximate surface area is 122 Å². The lowest BCUT2D eigenvalue weighted by Crippen LogP contribution is -2.27. The van der Waals surface area contributed by atoms with E-state index in [0.717, 1.165) is 12.1 Å². The predicted octanol–water partition coefficient (Wildman–Crippen LogP) is -0.125. The van der Waals surface area contributed by atoms with Gasteiger partial charge in [-0.25, -0.2) is 17.5 Å². The molecule has 0 bridgehead atoms. The van der Waals surface area contributed by atoms with Gasteiger partial charge in [0.2, 0.25) is 10.0 Å². The van der Waals surface area contributed by atoms with Crippen molar-refractivity contribution in [2.75, 3.05) is 33.9 Å². The first-order valence-corrected chi connectivity index (χ1v) is 7.50. The van der Waals surface area contributed by atoms with E-state index in [2.05, 4.69) is 10.0 Å². The van der Waals surface area contributed by atoms with Crippen LogP contribution in [-0.4, -0.2) is 48.2 Å². The van der Waals surface area contributed by atoms with Crippen LogP contribution in [0.1, 0.15) is 0 Å². The summed E-state index contributed by atoms with van der Waals surface area (Å²) < 4.78 is 49.4. The minimum absolute atomic E-state index is 0.0787. The van der Waals surface area contributed by atoms with E-state index in [1.165, 1.54) is 20.2 Å². The molecule has 0 saturated carbocycles. The molecule has 118 valence electrons. The van der Waals surface area contributed by atoms with Gasteiger partial charge in [-0.2, -0.15) is 0 Å². The summed E-state index contributed by atoms with van der Waals surface area (Å²) in [5.74, 6) is -1.49. The zero-order chi connectivity index (χ0) is 15.9. The monoisotopic (exact) mass is 320 g/mol. The number of rotatable bonds is 8. The van der Waals surface area contributed by atoms with Crippen molar-refractivity contribution in [3.63, 3.8) is 0 Å². The van der Waals surface area contributed by atoms with Gasteiger partial charge in [0, 0.05) is 20.7 Å². The number of hydrogen-bond donors (Lipinski definition) is 2. The fourth-order valence-electron chi connectivity index (χ4n) is 1.34. The number of hydrogen-bond acceptors (Lipinski definition) is 5. The molecule has 0 radical (unpaired) electrons. The highest BCUT2D eigenvalue weighted by atomic mass is 32.2. The maximum absolute atomic E-state index is 13.7. The van der Waals surface area contributed by atoms with E-state index in [-0.39, 0.29) is 30.4 Å². The molecule has 0 saturated heterocycles. The Bertz CT molecular complexity index is 591. The second kappa shape index (κ2) is 7.91. The van der Waals surface area contributed by atoms with Crippen LogP contribution in [0.4, 0.5) is 4.39 Å². The van der Waals surface area contributed by atoms with Crippen LogP contribution < -0.4 is 14.8 Å². The van der Waals surface area contributed by atoms with Crippen molar-refractivity contribution >= 4 is 15.9 Å². The number of nitrogens with one attached hydrogen (secondary N) is 2. The van der Waals surface area contributed by atoms with Crippen LogP contribution in [0.25, 0.3) is 0 Å². The smallest absolute Gasteiger partial charge is 0.257 e. The van der Waals surface area contributed by atoms with Crippen LogP contribution in [0.5, 0.6) is 5.75 Å². The topological polar surface area (TPSA) is 93.7 Å². The van der Waals surface area contributed by atoms with Crippen LogP contribution in [0.2, 0.25) is 0 Å². The van der Waals surface area contributed by atoms with Crippen LogP contribution in [0.3, 0.4) is 0 Å². The van der Waals surface area contributed by atoms with Gasteiger partial charge in [-0.3, -0.25) is 4.79 Å². The molecule has 0 spiro atoms. The molecule has 0 unspecified atom stereocenters. The Morgan fingerprint density at radius 1 is 1.38 bits per heavy atom. The Hall–Kier alpha value is -1.71. The highest BCUT2D eigenvalue weighted by Crippen LogP contribution is 2.20. The maximum atomic E-state index is 13.7. The molecule has 7 nitrogen and oxygen atoms in total. The number of amides is 1. The molecule has 1 rings (SSSR count). The Morgan fingerprint density at radius 2 is 2.10 bits per heavy atom. The third kappa shape index (κ3) is 5.29. The molecular formula is C12H17FN2O5S. The van der Waals surface area contributed by atoms with Crippen LogP contribution in [-0.2, 0) is 19.6 Å². The van der Waals surface area contributed by atoms with E-state index in [9.17, 15) is 17.6 Å². The van der Waals surface area contributed by atoms with Gasteiger partial charge in [-0.1, -0.05) is 0 Å². The lowest BCUT2D eigenvalue weighted by atomic mass is 10.3. The molecule has 0 aliphatic rings. The van der Waals surface area contributed by atoms with Crippen LogP contribution in [0, 0.1) is 5.82 Å². The Morgan fingerprint density at radius 3 is 2.67 bits per heavy atom. The van der Waals surface area contributed by atoms with Crippen LogP contribution in [0.15, 0.2) is 23.1 Å². The molecule has 1 aromatic rings. The van der Waals surface area contributed by atoms with Gasteiger partial charge in [0.25, 0.3) is 5.91 Å². The first-order valence-electron chi connectivity index (χ1n) is 6.02. The lowest BCUT2D eigenvalue weighted by molar-refractivity contribution is -0.122. The van der Waals surface area contributed by atoms with Crippen molar-refractivity contribution in [2.24, 2.45) is 0 Å². The van der Waals surface area contributed by atoms with Crippen molar-refractivity contribution < 1.29 is 27.1 Å². The number of ether oxygens (including phenoxy) is 2.